The van der Waals surface area contributed by atoms with E-state index in [0.29, 0.717) is 13.0 Å². The fourth-order valence-corrected chi connectivity index (χ4v) is 2.07. The van der Waals surface area contributed by atoms with E-state index in [9.17, 15) is 0 Å². The van der Waals surface area contributed by atoms with Gasteiger partial charge in [-0.2, -0.15) is 5.26 Å². The van der Waals surface area contributed by atoms with E-state index in [-0.39, 0.29) is 11.7 Å². The van der Waals surface area contributed by atoms with Gasteiger partial charge in [0.2, 0.25) is 0 Å². The van der Waals surface area contributed by atoms with Crippen LogP contribution in [0.4, 0.5) is 0 Å². The molecular formula is C11H20N2O2. The lowest BCUT2D eigenvalue weighted by atomic mass is 10.1. The highest BCUT2D eigenvalue weighted by Crippen LogP contribution is 2.21. The van der Waals surface area contributed by atoms with Crippen molar-refractivity contribution in [2.75, 3.05) is 33.4 Å². The van der Waals surface area contributed by atoms with Crippen molar-refractivity contribution in [1.29, 1.82) is 5.26 Å². The first kappa shape index (κ1) is 12.4. The van der Waals surface area contributed by atoms with Gasteiger partial charge in [0.15, 0.2) is 0 Å². The van der Waals surface area contributed by atoms with Crippen molar-refractivity contribution in [2.24, 2.45) is 0 Å². The summed E-state index contributed by atoms with van der Waals surface area (Å²) in [5.74, 6) is 0. The van der Waals surface area contributed by atoms with Gasteiger partial charge in [0.1, 0.15) is 0 Å². The van der Waals surface area contributed by atoms with Gasteiger partial charge in [0, 0.05) is 33.2 Å². The molecule has 1 saturated heterocycles. The average Bonchev–Trinajstić information content (AvgIpc) is 2.13. The van der Waals surface area contributed by atoms with E-state index in [1.54, 1.807) is 7.11 Å². The molecule has 15 heavy (non-hydrogen) atoms. The molecule has 1 rings (SSSR count). The van der Waals surface area contributed by atoms with Crippen LogP contribution in [-0.2, 0) is 9.47 Å². The third kappa shape index (κ3) is 4.17. The molecule has 86 valence electrons. The van der Waals surface area contributed by atoms with Crippen molar-refractivity contribution in [3.8, 4) is 6.07 Å². The molecular weight excluding hydrogens is 192 g/mol. The van der Waals surface area contributed by atoms with Crippen molar-refractivity contribution in [3.63, 3.8) is 0 Å². The lowest BCUT2D eigenvalue weighted by molar-refractivity contribution is -0.152. The van der Waals surface area contributed by atoms with Gasteiger partial charge in [-0.05, 0) is 13.8 Å². The van der Waals surface area contributed by atoms with Crippen LogP contribution in [0.2, 0.25) is 0 Å². The van der Waals surface area contributed by atoms with Gasteiger partial charge >= 0.3 is 0 Å². The van der Waals surface area contributed by atoms with Crippen LogP contribution in [0.3, 0.4) is 0 Å². The number of ether oxygens (including phenoxy) is 2. The van der Waals surface area contributed by atoms with Gasteiger partial charge in [-0.25, -0.2) is 0 Å². The molecule has 0 aromatic heterocycles. The van der Waals surface area contributed by atoms with Gasteiger partial charge in [-0.15, -0.1) is 0 Å². The molecule has 1 aliphatic heterocycles. The summed E-state index contributed by atoms with van der Waals surface area (Å²) in [6.45, 7) is 7.34. The number of methoxy groups -OCH3 is 1. The summed E-state index contributed by atoms with van der Waals surface area (Å²) < 4.78 is 11.0. The molecule has 0 aromatic rings. The van der Waals surface area contributed by atoms with Crippen molar-refractivity contribution in [2.45, 2.75) is 32.0 Å². The molecule has 0 aromatic carbocycles. The van der Waals surface area contributed by atoms with Crippen molar-refractivity contribution in [1.82, 2.24) is 4.90 Å². The maximum atomic E-state index is 8.56. The molecule has 1 fully saturated rings. The van der Waals surface area contributed by atoms with Gasteiger partial charge in [-0.3, -0.25) is 4.90 Å². The van der Waals surface area contributed by atoms with E-state index >= 15 is 0 Å². The molecule has 0 amide bonds. The van der Waals surface area contributed by atoms with Crippen LogP contribution in [-0.4, -0.2) is 50.0 Å². The van der Waals surface area contributed by atoms with Gasteiger partial charge in [0.05, 0.1) is 24.4 Å². The molecule has 4 heteroatoms. The minimum atomic E-state index is -0.142. The Morgan fingerprint density at radius 3 is 2.93 bits per heavy atom. The van der Waals surface area contributed by atoms with E-state index in [2.05, 4.69) is 24.8 Å². The van der Waals surface area contributed by atoms with Crippen LogP contribution >= 0.6 is 0 Å². The number of nitriles is 1. The summed E-state index contributed by atoms with van der Waals surface area (Å²) >= 11 is 0. The summed E-state index contributed by atoms with van der Waals surface area (Å²) in [6, 6.07) is 2.18. The Kier molecular flexibility index (Phi) is 4.52. The highest BCUT2D eigenvalue weighted by molar-refractivity contribution is 4.85. The summed E-state index contributed by atoms with van der Waals surface area (Å²) in [5, 5.41) is 8.56. The SMILES string of the molecule is COCC1CN(CCC#N)CC(C)(C)O1. The fraction of sp³-hybridized carbons (Fsp3) is 0.909. The average molecular weight is 212 g/mol. The molecule has 1 aliphatic rings. The minimum absolute atomic E-state index is 0.123. The predicted molar refractivity (Wildman–Crippen MR) is 57.5 cm³/mol. The molecule has 4 nitrogen and oxygen atoms in total. The summed E-state index contributed by atoms with van der Waals surface area (Å²) in [6.07, 6.45) is 0.702. The molecule has 0 aliphatic carbocycles. The van der Waals surface area contributed by atoms with E-state index in [4.69, 9.17) is 14.7 Å². The number of rotatable bonds is 4. The number of hydrogen-bond acceptors (Lipinski definition) is 4. The zero-order chi connectivity index (χ0) is 11.3. The molecule has 0 bridgehead atoms. The molecule has 1 unspecified atom stereocenters. The van der Waals surface area contributed by atoms with Crippen LogP contribution in [0.1, 0.15) is 20.3 Å². The van der Waals surface area contributed by atoms with Gasteiger partial charge in [-0.1, -0.05) is 0 Å². The lowest BCUT2D eigenvalue weighted by Gasteiger charge is -2.42. The third-order valence-corrected chi connectivity index (χ3v) is 2.44. The second-order valence-corrected chi connectivity index (χ2v) is 4.60. The maximum absolute atomic E-state index is 8.56. The first-order valence-electron chi connectivity index (χ1n) is 5.33. The Hall–Kier alpha value is -0.630. The highest BCUT2D eigenvalue weighted by atomic mass is 16.5. The van der Waals surface area contributed by atoms with Crippen LogP contribution in [0.25, 0.3) is 0 Å². The Morgan fingerprint density at radius 2 is 2.33 bits per heavy atom. The maximum Gasteiger partial charge on any atom is 0.0942 e. The Bertz CT molecular complexity index is 235. The fourth-order valence-electron chi connectivity index (χ4n) is 2.07. The summed E-state index contributed by atoms with van der Waals surface area (Å²) in [7, 11) is 1.69. The number of morpholine rings is 1. The minimum Gasteiger partial charge on any atom is -0.382 e. The second-order valence-electron chi connectivity index (χ2n) is 4.60. The quantitative estimate of drug-likeness (QED) is 0.698. The molecule has 1 heterocycles. The first-order valence-corrected chi connectivity index (χ1v) is 5.33. The summed E-state index contributed by atoms with van der Waals surface area (Å²) in [4.78, 5) is 2.27. The van der Waals surface area contributed by atoms with Gasteiger partial charge < -0.3 is 9.47 Å². The van der Waals surface area contributed by atoms with E-state index in [1.165, 1.54) is 0 Å². The van der Waals surface area contributed by atoms with Crippen LogP contribution < -0.4 is 0 Å². The monoisotopic (exact) mass is 212 g/mol. The Labute approximate surface area is 91.8 Å². The van der Waals surface area contributed by atoms with Crippen molar-refractivity contribution >= 4 is 0 Å². The smallest absolute Gasteiger partial charge is 0.0942 e. The van der Waals surface area contributed by atoms with Crippen molar-refractivity contribution in [3.05, 3.63) is 0 Å². The first-order chi connectivity index (χ1) is 7.07. The van der Waals surface area contributed by atoms with Crippen LogP contribution in [0.5, 0.6) is 0 Å². The van der Waals surface area contributed by atoms with Crippen molar-refractivity contribution < 1.29 is 9.47 Å². The predicted octanol–water partition coefficient (Wildman–Crippen LogP) is 1.03. The third-order valence-electron chi connectivity index (χ3n) is 2.44. The molecule has 0 radical (unpaired) electrons. The van der Waals surface area contributed by atoms with Crippen LogP contribution in [0, 0.1) is 11.3 Å². The van der Waals surface area contributed by atoms with E-state index in [1.807, 2.05) is 0 Å². The van der Waals surface area contributed by atoms with E-state index in [0.717, 1.165) is 19.6 Å². The normalized spacial score (nSPS) is 26.1. The second kappa shape index (κ2) is 5.45. The van der Waals surface area contributed by atoms with Gasteiger partial charge in [0.25, 0.3) is 0 Å². The number of nitrogens with zero attached hydrogens (tertiary/aromatic N) is 2. The Balaban J connectivity index is 2.48. The van der Waals surface area contributed by atoms with E-state index < -0.39 is 0 Å². The largest absolute Gasteiger partial charge is 0.382 e. The molecule has 0 spiro atoms. The topological polar surface area (TPSA) is 45.5 Å². The molecule has 1 atom stereocenters. The molecule has 0 N–H and O–H groups in total. The summed E-state index contributed by atoms with van der Waals surface area (Å²) in [5.41, 5.74) is -0.142. The standard InChI is InChI=1S/C11H20N2O2/c1-11(2)9-13(6-4-5-12)7-10(15-11)8-14-3/h10H,4,6-9H2,1-3H3. The Morgan fingerprint density at radius 1 is 1.60 bits per heavy atom. The zero-order valence-electron chi connectivity index (χ0n) is 9.82. The number of hydrogen-bond donors (Lipinski definition) is 0. The highest BCUT2D eigenvalue weighted by Gasteiger charge is 2.32. The van der Waals surface area contributed by atoms with Crippen LogP contribution in [0.15, 0.2) is 0 Å². The molecule has 0 saturated carbocycles. The zero-order valence-corrected chi connectivity index (χ0v) is 9.82. The lowest BCUT2D eigenvalue weighted by Crippen LogP contribution is -2.54.